The first-order valence-corrected chi connectivity index (χ1v) is 12.8. The molecule has 4 N–H and O–H groups in total. The molecule has 4 fully saturated rings. The third kappa shape index (κ3) is 3.58. The van der Waals surface area contributed by atoms with Gasteiger partial charge in [-0.3, -0.25) is 4.79 Å². The van der Waals surface area contributed by atoms with Crippen LogP contribution in [-0.4, -0.2) is 44.7 Å². The van der Waals surface area contributed by atoms with Crippen LogP contribution in [-0.2, 0) is 4.79 Å². The van der Waals surface area contributed by atoms with E-state index in [-0.39, 0.29) is 47.0 Å². The van der Waals surface area contributed by atoms with Crippen molar-refractivity contribution < 1.29 is 25.2 Å². The van der Waals surface area contributed by atoms with Crippen molar-refractivity contribution in [2.75, 3.05) is 0 Å². The fourth-order valence-electron chi connectivity index (χ4n) is 9.60. The van der Waals surface area contributed by atoms with Gasteiger partial charge < -0.3 is 20.4 Å². The van der Waals surface area contributed by atoms with Crippen molar-refractivity contribution in [2.45, 2.75) is 104 Å². The predicted octanol–water partition coefficient (Wildman–Crippen LogP) is 4.08. The number of carboxylic acids is 1. The van der Waals surface area contributed by atoms with Crippen LogP contribution in [0.25, 0.3) is 0 Å². The zero-order valence-electron chi connectivity index (χ0n) is 19.8. The van der Waals surface area contributed by atoms with Crippen molar-refractivity contribution in [3.05, 3.63) is 0 Å². The summed E-state index contributed by atoms with van der Waals surface area (Å²) in [6.45, 7) is 9.01. The van der Waals surface area contributed by atoms with Gasteiger partial charge in [-0.1, -0.05) is 34.1 Å². The molecule has 4 saturated carbocycles. The van der Waals surface area contributed by atoms with Crippen molar-refractivity contribution in [1.29, 1.82) is 0 Å². The lowest BCUT2D eigenvalue weighted by molar-refractivity contribution is -0.235. The van der Waals surface area contributed by atoms with E-state index in [1.165, 1.54) is 0 Å². The maximum atomic E-state index is 11.7. The molecule has 4 aliphatic rings. The highest BCUT2D eigenvalue weighted by molar-refractivity contribution is 5.66. The van der Waals surface area contributed by atoms with Gasteiger partial charge in [0.1, 0.15) is 0 Å². The topological polar surface area (TPSA) is 98.0 Å². The Labute approximate surface area is 187 Å². The molecular weight excluding hydrogens is 392 g/mol. The largest absolute Gasteiger partial charge is 0.481 e. The summed E-state index contributed by atoms with van der Waals surface area (Å²) in [6, 6.07) is 0. The Morgan fingerprint density at radius 2 is 1.77 bits per heavy atom. The van der Waals surface area contributed by atoms with Crippen molar-refractivity contribution in [2.24, 2.45) is 52.3 Å². The van der Waals surface area contributed by atoms with Gasteiger partial charge in [0.15, 0.2) is 0 Å². The van der Waals surface area contributed by atoms with Gasteiger partial charge in [0.05, 0.1) is 18.3 Å². The first kappa shape index (κ1) is 23.5. The molecule has 5 heteroatoms. The molecule has 0 radical (unpaired) electrons. The molecule has 31 heavy (non-hydrogen) atoms. The van der Waals surface area contributed by atoms with Gasteiger partial charge in [-0.2, -0.15) is 0 Å². The molecule has 0 aromatic rings. The summed E-state index contributed by atoms with van der Waals surface area (Å²) in [5.41, 5.74) is -0.0767. The van der Waals surface area contributed by atoms with E-state index in [1.807, 2.05) is 0 Å². The fraction of sp³-hybridized carbons (Fsp3) is 0.962. The maximum Gasteiger partial charge on any atom is 0.303 e. The Morgan fingerprint density at radius 1 is 1.06 bits per heavy atom. The Hall–Kier alpha value is -0.650. The minimum absolute atomic E-state index is 0.0302. The Kier molecular flexibility index (Phi) is 6.28. The zero-order valence-corrected chi connectivity index (χ0v) is 19.8. The van der Waals surface area contributed by atoms with Gasteiger partial charge in [0, 0.05) is 6.42 Å². The van der Waals surface area contributed by atoms with Gasteiger partial charge in [0.25, 0.3) is 0 Å². The minimum Gasteiger partial charge on any atom is -0.481 e. The standard InChI is InChI=1S/C26H44O5/c1-5-16-19-12-15(27)10-11-25(19,3)23-20(28)13-26(4)17(14(2)6-9-21(29)30)7-8-18(26)22(23)24(16)31/h14-20,22-24,27-28,31H,5-13H2,1-4H3,(H,29,30)/t14-,15-,16-,17-,18?,19+,20-,22+,23?,24-,25+,26-/m1/s1. The molecule has 12 atom stereocenters. The summed E-state index contributed by atoms with van der Waals surface area (Å²) in [5.74, 6) is 1.00. The van der Waals surface area contributed by atoms with Crippen molar-refractivity contribution in [3.63, 3.8) is 0 Å². The second-order valence-corrected chi connectivity index (χ2v) is 12.2. The molecule has 5 nitrogen and oxygen atoms in total. The molecule has 0 aliphatic heterocycles. The van der Waals surface area contributed by atoms with E-state index < -0.39 is 18.2 Å². The van der Waals surface area contributed by atoms with Crippen LogP contribution in [0.15, 0.2) is 0 Å². The van der Waals surface area contributed by atoms with Crippen molar-refractivity contribution in [1.82, 2.24) is 0 Å². The fourth-order valence-corrected chi connectivity index (χ4v) is 9.60. The predicted molar refractivity (Wildman–Crippen MR) is 119 cm³/mol. The van der Waals surface area contributed by atoms with Crippen LogP contribution in [0.4, 0.5) is 0 Å². The number of carboxylic acid groups (broad SMARTS) is 1. The third-order valence-corrected chi connectivity index (χ3v) is 10.9. The molecule has 4 rings (SSSR count). The number of aliphatic hydroxyl groups excluding tert-OH is 3. The lowest BCUT2D eigenvalue weighted by atomic mass is 9.40. The normalized spacial score (nSPS) is 52.7. The Balaban J connectivity index is 1.66. The molecule has 0 spiro atoms. The Bertz CT molecular complexity index is 681. The molecule has 0 heterocycles. The number of aliphatic hydroxyl groups is 3. The first-order valence-electron chi connectivity index (χ1n) is 12.8. The van der Waals surface area contributed by atoms with Gasteiger partial charge in [-0.15, -0.1) is 0 Å². The van der Waals surface area contributed by atoms with Crippen LogP contribution in [0, 0.1) is 52.3 Å². The molecule has 178 valence electrons. The van der Waals surface area contributed by atoms with Gasteiger partial charge in [0.2, 0.25) is 0 Å². The highest BCUT2D eigenvalue weighted by atomic mass is 16.4. The summed E-state index contributed by atoms with van der Waals surface area (Å²) in [6.07, 6.45) is 6.04. The van der Waals surface area contributed by atoms with E-state index in [9.17, 15) is 20.1 Å². The average molecular weight is 437 g/mol. The molecule has 0 bridgehead atoms. The molecule has 2 unspecified atom stereocenters. The molecule has 4 aliphatic carbocycles. The van der Waals surface area contributed by atoms with Crippen LogP contribution in [0.3, 0.4) is 0 Å². The van der Waals surface area contributed by atoms with Gasteiger partial charge >= 0.3 is 5.97 Å². The summed E-state index contributed by atoms with van der Waals surface area (Å²) in [5, 5.41) is 42.9. The lowest BCUT2D eigenvalue weighted by Gasteiger charge is -2.66. The number of rotatable bonds is 5. The monoisotopic (exact) mass is 436 g/mol. The van der Waals surface area contributed by atoms with E-state index in [4.69, 9.17) is 5.11 Å². The van der Waals surface area contributed by atoms with E-state index in [0.29, 0.717) is 24.2 Å². The smallest absolute Gasteiger partial charge is 0.303 e. The quantitative estimate of drug-likeness (QED) is 0.520. The van der Waals surface area contributed by atoms with E-state index in [0.717, 1.165) is 44.9 Å². The Morgan fingerprint density at radius 3 is 2.42 bits per heavy atom. The SMILES string of the molecule is CC[C@H]1[C@@H](O)[C@H]2C3CC[C@H]([C@H](C)CCC(=O)O)[C@@]3(C)C[C@@H](O)C2[C@@]2(C)CC[C@@H](O)C[C@@H]12. The van der Waals surface area contributed by atoms with E-state index in [1.54, 1.807) is 0 Å². The summed E-state index contributed by atoms with van der Waals surface area (Å²) < 4.78 is 0. The van der Waals surface area contributed by atoms with Crippen LogP contribution in [0.5, 0.6) is 0 Å². The average Bonchev–Trinajstić information content (AvgIpc) is 3.04. The first-order chi connectivity index (χ1) is 14.5. The summed E-state index contributed by atoms with van der Waals surface area (Å²) >= 11 is 0. The second-order valence-electron chi connectivity index (χ2n) is 12.2. The van der Waals surface area contributed by atoms with Crippen LogP contribution < -0.4 is 0 Å². The molecule has 0 saturated heterocycles. The van der Waals surface area contributed by atoms with E-state index >= 15 is 0 Å². The van der Waals surface area contributed by atoms with Crippen LogP contribution in [0.1, 0.15) is 85.5 Å². The van der Waals surface area contributed by atoms with Crippen LogP contribution in [0.2, 0.25) is 0 Å². The third-order valence-electron chi connectivity index (χ3n) is 10.9. The van der Waals surface area contributed by atoms with E-state index in [2.05, 4.69) is 27.7 Å². The van der Waals surface area contributed by atoms with Crippen molar-refractivity contribution in [3.8, 4) is 0 Å². The number of aliphatic carboxylic acids is 1. The highest BCUT2D eigenvalue weighted by Gasteiger charge is 2.67. The second kappa shape index (κ2) is 8.29. The number of hydrogen-bond donors (Lipinski definition) is 4. The van der Waals surface area contributed by atoms with Gasteiger partial charge in [-0.25, -0.2) is 0 Å². The lowest BCUT2D eigenvalue weighted by Crippen LogP contribution is -2.65. The number of carbonyl (C=O) groups is 1. The summed E-state index contributed by atoms with van der Waals surface area (Å²) in [7, 11) is 0. The molecule has 0 aromatic heterocycles. The van der Waals surface area contributed by atoms with Gasteiger partial charge in [-0.05, 0) is 97.2 Å². The highest BCUT2D eigenvalue weighted by Crippen LogP contribution is 2.69. The maximum absolute atomic E-state index is 11.7. The molecule has 0 aromatic carbocycles. The zero-order chi connectivity index (χ0) is 22.7. The molecule has 0 amide bonds. The van der Waals surface area contributed by atoms with Crippen LogP contribution >= 0.6 is 0 Å². The van der Waals surface area contributed by atoms with Crippen molar-refractivity contribution >= 4 is 5.97 Å². The summed E-state index contributed by atoms with van der Waals surface area (Å²) in [4.78, 5) is 11.1. The molecular formula is C26H44O5. The minimum atomic E-state index is -0.734. The number of hydrogen-bond acceptors (Lipinski definition) is 4. The number of fused-ring (bicyclic) bond motifs is 5.